The molecule has 0 heterocycles. The van der Waals surface area contributed by atoms with Crippen molar-refractivity contribution in [2.45, 2.75) is 18.0 Å². The highest BCUT2D eigenvalue weighted by atomic mass is 32.2. The van der Waals surface area contributed by atoms with Crippen molar-refractivity contribution in [3.63, 3.8) is 0 Å². The minimum atomic E-state index is -3.67. The van der Waals surface area contributed by atoms with E-state index in [0.29, 0.717) is 11.3 Å². The van der Waals surface area contributed by atoms with Crippen molar-refractivity contribution >= 4 is 10.0 Å². The molecule has 2 aromatic carbocycles. The summed E-state index contributed by atoms with van der Waals surface area (Å²) in [4.78, 5) is 0.0930. The van der Waals surface area contributed by atoms with Gasteiger partial charge in [0, 0.05) is 6.54 Å². The van der Waals surface area contributed by atoms with E-state index in [0.717, 1.165) is 5.56 Å². The van der Waals surface area contributed by atoms with Gasteiger partial charge in [-0.15, -0.1) is 0 Å². The van der Waals surface area contributed by atoms with E-state index in [1.54, 1.807) is 43.5 Å². The fraction of sp³-hybridized carbons (Fsp3) is 0.200. The Morgan fingerprint density at radius 3 is 2.62 bits per heavy atom. The number of hydrogen-bond donors (Lipinski definition) is 2. The molecule has 0 unspecified atom stereocenters. The van der Waals surface area contributed by atoms with E-state index in [1.807, 2.05) is 6.07 Å². The van der Waals surface area contributed by atoms with Crippen LogP contribution < -0.4 is 9.46 Å². The van der Waals surface area contributed by atoms with Gasteiger partial charge >= 0.3 is 0 Å². The quantitative estimate of drug-likeness (QED) is 0.851. The fourth-order valence-electron chi connectivity index (χ4n) is 1.94. The maximum atomic E-state index is 12.3. The van der Waals surface area contributed by atoms with E-state index >= 15 is 0 Å². The highest BCUT2D eigenvalue weighted by Crippen LogP contribution is 2.17. The Bertz CT molecular complexity index is 713. The molecular formula is C15H17NO4S. The first-order valence-electron chi connectivity index (χ1n) is 6.38. The SMILES string of the molecule is COc1cccc(CNS(=O)(=O)c2ccccc2CO)c1. The summed E-state index contributed by atoms with van der Waals surface area (Å²) in [6.07, 6.45) is 0. The van der Waals surface area contributed by atoms with Crippen LogP contribution in [0.3, 0.4) is 0 Å². The van der Waals surface area contributed by atoms with E-state index in [9.17, 15) is 13.5 Å². The zero-order valence-corrected chi connectivity index (χ0v) is 12.4. The molecule has 0 aliphatic rings. The molecule has 0 spiro atoms. The third-order valence-corrected chi connectivity index (χ3v) is 4.53. The number of nitrogens with one attached hydrogen (secondary N) is 1. The first-order chi connectivity index (χ1) is 10.1. The van der Waals surface area contributed by atoms with Gasteiger partial charge in [-0.25, -0.2) is 13.1 Å². The molecule has 112 valence electrons. The minimum Gasteiger partial charge on any atom is -0.497 e. The molecular weight excluding hydrogens is 290 g/mol. The summed E-state index contributed by atoms with van der Waals surface area (Å²) in [6, 6.07) is 13.5. The Balaban J connectivity index is 2.18. The van der Waals surface area contributed by atoms with Gasteiger partial charge in [0.1, 0.15) is 5.75 Å². The monoisotopic (exact) mass is 307 g/mol. The lowest BCUT2D eigenvalue weighted by atomic mass is 10.2. The molecule has 0 aliphatic carbocycles. The summed E-state index contributed by atoms with van der Waals surface area (Å²) in [5, 5.41) is 9.23. The molecule has 6 heteroatoms. The summed E-state index contributed by atoms with van der Waals surface area (Å²) in [5.74, 6) is 0.669. The van der Waals surface area contributed by atoms with Crippen LogP contribution in [0.2, 0.25) is 0 Å². The smallest absolute Gasteiger partial charge is 0.241 e. The molecule has 21 heavy (non-hydrogen) atoms. The summed E-state index contributed by atoms with van der Waals surface area (Å²) < 4.78 is 32.2. The lowest BCUT2D eigenvalue weighted by Crippen LogP contribution is -2.24. The van der Waals surface area contributed by atoms with Gasteiger partial charge < -0.3 is 9.84 Å². The third kappa shape index (κ3) is 3.81. The van der Waals surface area contributed by atoms with E-state index < -0.39 is 10.0 Å². The molecule has 0 amide bonds. The Morgan fingerprint density at radius 1 is 1.14 bits per heavy atom. The number of methoxy groups -OCH3 is 1. The predicted octanol–water partition coefficient (Wildman–Crippen LogP) is 1.67. The topological polar surface area (TPSA) is 75.6 Å². The maximum absolute atomic E-state index is 12.3. The average Bonchev–Trinajstić information content (AvgIpc) is 2.53. The Morgan fingerprint density at radius 2 is 1.90 bits per heavy atom. The van der Waals surface area contributed by atoms with Crippen molar-refractivity contribution in [2.75, 3.05) is 7.11 Å². The molecule has 2 rings (SSSR count). The van der Waals surface area contributed by atoms with Crippen molar-refractivity contribution in [3.8, 4) is 5.75 Å². The number of rotatable bonds is 6. The molecule has 0 atom stereocenters. The van der Waals surface area contributed by atoms with Gasteiger partial charge in [0.05, 0.1) is 18.6 Å². The van der Waals surface area contributed by atoms with Crippen LogP contribution >= 0.6 is 0 Å². The van der Waals surface area contributed by atoms with Gasteiger partial charge in [0.25, 0.3) is 0 Å². The van der Waals surface area contributed by atoms with Gasteiger partial charge in [0.2, 0.25) is 10.0 Å². The highest BCUT2D eigenvalue weighted by Gasteiger charge is 2.17. The first-order valence-corrected chi connectivity index (χ1v) is 7.86. The molecule has 2 N–H and O–H groups in total. The van der Waals surface area contributed by atoms with Crippen LogP contribution in [-0.2, 0) is 23.2 Å². The number of benzene rings is 2. The van der Waals surface area contributed by atoms with E-state index in [2.05, 4.69) is 4.72 Å². The van der Waals surface area contributed by atoms with Gasteiger partial charge in [-0.1, -0.05) is 30.3 Å². The van der Waals surface area contributed by atoms with Crippen LogP contribution in [0.25, 0.3) is 0 Å². The normalized spacial score (nSPS) is 11.3. The average molecular weight is 307 g/mol. The molecule has 0 aromatic heterocycles. The number of aliphatic hydroxyl groups is 1. The Hall–Kier alpha value is -1.89. The number of aliphatic hydroxyl groups excluding tert-OH is 1. The second-order valence-electron chi connectivity index (χ2n) is 4.44. The number of hydrogen-bond acceptors (Lipinski definition) is 4. The molecule has 0 saturated carbocycles. The fourth-order valence-corrected chi connectivity index (χ4v) is 3.18. The van der Waals surface area contributed by atoms with Gasteiger partial charge in [-0.05, 0) is 29.3 Å². The molecule has 0 aliphatic heterocycles. The molecule has 0 saturated heterocycles. The summed E-state index contributed by atoms with van der Waals surface area (Å²) in [6.45, 7) is -0.171. The Labute approximate surface area is 124 Å². The second kappa shape index (κ2) is 6.71. The summed E-state index contributed by atoms with van der Waals surface area (Å²) in [7, 11) is -2.12. The number of sulfonamides is 1. The molecule has 0 fully saturated rings. The molecule has 0 bridgehead atoms. The molecule has 2 aromatic rings. The van der Waals surface area contributed by atoms with Crippen molar-refractivity contribution in [3.05, 3.63) is 59.7 Å². The second-order valence-corrected chi connectivity index (χ2v) is 6.18. The first kappa shape index (κ1) is 15.5. The van der Waals surface area contributed by atoms with Crippen molar-refractivity contribution < 1.29 is 18.3 Å². The van der Waals surface area contributed by atoms with Crippen LogP contribution in [-0.4, -0.2) is 20.6 Å². The maximum Gasteiger partial charge on any atom is 0.241 e. The van der Waals surface area contributed by atoms with Crippen LogP contribution in [0.15, 0.2) is 53.4 Å². The third-order valence-electron chi connectivity index (χ3n) is 3.03. The molecule has 5 nitrogen and oxygen atoms in total. The lowest BCUT2D eigenvalue weighted by molar-refractivity contribution is 0.278. The van der Waals surface area contributed by atoms with E-state index in [-0.39, 0.29) is 18.0 Å². The summed E-state index contributed by atoms with van der Waals surface area (Å²) in [5.41, 5.74) is 1.16. The van der Waals surface area contributed by atoms with E-state index in [1.165, 1.54) is 6.07 Å². The van der Waals surface area contributed by atoms with Gasteiger partial charge in [-0.2, -0.15) is 0 Å². The highest BCUT2D eigenvalue weighted by molar-refractivity contribution is 7.89. The van der Waals surface area contributed by atoms with Crippen molar-refractivity contribution in [1.82, 2.24) is 4.72 Å². The minimum absolute atomic E-state index is 0.0930. The van der Waals surface area contributed by atoms with Crippen LogP contribution in [0.4, 0.5) is 0 Å². The lowest BCUT2D eigenvalue weighted by Gasteiger charge is -2.10. The van der Waals surface area contributed by atoms with Crippen LogP contribution in [0, 0.1) is 0 Å². The molecule has 0 radical (unpaired) electrons. The van der Waals surface area contributed by atoms with Crippen molar-refractivity contribution in [2.24, 2.45) is 0 Å². The standard InChI is InChI=1S/C15H17NO4S/c1-20-14-7-4-5-12(9-14)10-16-21(18,19)15-8-3-2-6-13(15)11-17/h2-9,16-17H,10-11H2,1H3. The zero-order valence-electron chi connectivity index (χ0n) is 11.6. The number of ether oxygens (including phenoxy) is 1. The van der Waals surface area contributed by atoms with Crippen molar-refractivity contribution in [1.29, 1.82) is 0 Å². The van der Waals surface area contributed by atoms with E-state index in [4.69, 9.17) is 4.74 Å². The zero-order chi connectivity index (χ0) is 15.3. The van der Waals surface area contributed by atoms with Crippen LogP contribution in [0.5, 0.6) is 5.75 Å². The van der Waals surface area contributed by atoms with Gasteiger partial charge in [-0.3, -0.25) is 0 Å². The predicted molar refractivity (Wildman–Crippen MR) is 79.4 cm³/mol. The summed E-state index contributed by atoms with van der Waals surface area (Å²) >= 11 is 0. The van der Waals surface area contributed by atoms with Crippen LogP contribution in [0.1, 0.15) is 11.1 Å². The largest absolute Gasteiger partial charge is 0.497 e. The van der Waals surface area contributed by atoms with Gasteiger partial charge in [0.15, 0.2) is 0 Å². The Kier molecular flexibility index (Phi) is 4.95.